The fourth-order valence-electron chi connectivity index (χ4n) is 18.0. The Labute approximate surface area is 660 Å². The second-order valence-electron chi connectivity index (χ2n) is 29.9. The van der Waals surface area contributed by atoms with E-state index in [0.717, 1.165) is 34.1 Å². The summed E-state index contributed by atoms with van der Waals surface area (Å²) in [6, 6.07) is 159. The van der Waals surface area contributed by atoms with Crippen molar-refractivity contribution in [1.29, 1.82) is 0 Å². The van der Waals surface area contributed by atoms with Crippen molar-refractivity contribution in [3.63, 3.8) is 0 Å². The summed E-state index contributed by atoms with van der Waals surface area (Å²) in [6.45, 7) is 0. The molecule has 0 amide bonds. The smallest absolute Gasteiger partial charge is 0.0541 e. The average Bonchev–Trinajstić information content (AvgIpc) is 1.25. The molecule has 4 heteroatoms. The minimum Gasteiger partial charge on any atom is -0.311 e. The van der Waals surface area contributed by atoms with Crippen LogP contribution in [-0.4, -0.2) is 9.13 Å². The quantitative estimate of drug-likeness (QED) is 0.107. The standard InChI is InChI=1S/C58H38N2.C52H34N2/c1-3-10-39(11-4-1)41-20-29-48(30-21-41)59(49-31-22-42(23-32-49)40-12-5-2-6-13-40)50-33-24-43(25-34-50)47-28-37-56-53(38-47)51-16-7-8-17-54(51)60(56)55-36-27-46-19-18-44-14-9-15-45-26-35-52(55)58(46)57(44)45;1-3-10-35(11-4-1)36-22-27-44(28-23-36)53(46-32-41-20-18-38-12-9-13-39-19-21-42(33-46)52(41)51(38)39)45-29-24-37(25-30-45)40-26-31-50-48(34-40)47-16-7-8-17-49(47)54(50)43-14-5-2-6-15-43/h1-38H;1-34H. The van der Waals surface area contributed by atoms with Gasteiger partial charge in [-0.1, -0.05) is 309 Å². The first-order chi connectivity index (χ1) is 56.5. The van der Waals surface area contributed by atoms with E-state index in [1.165, 1.54) is 175 Å². The lowest BCUT2D eigenvalue weighted by Crippen LogP contribution is -2.10. The third-order valence-electron chi connectivity index (χ3n) is 23.4. The Morgan fingerprint density at radius 2 is 0.439 bits per heavy atom. The molecule has 0 aliphatic heterocycles. The van der Waals surface area contributed by atoms with Crippen LogP contribution in [0.5, 0.6) is 0 Å². The molecule has 0 aliphatic carbocycles. The van der Waals surface area contributed by atoms with Gasteiger partial charge in [0.1, 0.15) is 0 Å². The molecule has 0 atom stereocenters. The summed E-state index contributed by atoms with van der Waals surface area (Å²) in [5.41, 5.74) is 25.9. The molecule has 2 aromatic heterocycles. The number of para-hydroxylation sites is 3. The first-order valence-corrected chi connectivity index (χ1v) is 39.3. The minimum atomic E-state index is 1.10. The summed E-state index contributed by atoms with van der Waals surface area (Å²) in [6.07, 6.45) is 0. The topological polar surface area (TPSA) is 16.3 Å². The molecule has 0 radical (unpaired) electrons. The molecule has 23 rings (SSSR count). The molecule has 0 aliphatic rings. The van der Waals surface area contributed by atoms with Crippen LogP contribution < -0.4 is 9.80 Å². The van der Waals surface area contributed by atoms with E-state index in [1.54, 1.807) is 0 Å². The molecular weight excluding hydrogens is 1380 g/mol. The van der Waals surface area contributed by atoms with Crippen molar-refractivity contribution in [3.05, 3.63) is 437 Å². The van der Waals surface area contributed by atoms with Crippen LogP contribution in [0.2, 0.25) is 0 Å². The van der Waals surface area contributed by atoms with Crippen LogP contribution >= 0.6 is 0 Å². The van der Waals surface area contributed by atoms with Crippen molar-refractivity contribution < 1.29 is 0 Å². The van der Waals surface area contributed by atoms with Crippen LogP contribution in [0.3, 0.4) is 0 Å². The summed E-state index contributed by atoms with van der Waals surface area (Å²) in [5.74, 6) is 0. The molecular formula is C110H72N4. The van der Waals surface area contributed by atoms with Gasteiger partial charge in [-0.15, -0.1) is 0 Å². The summed E-state index contributed by atoms with van der Waals surface area (Å²) >= 11 is 0. The molecule has 21 aromatic carbocycles. The Morgan fingerprint density at radius 1 is 0.149 bits per heavy atom. The molecule has 0 N–H and O–H groups in total. The highest BCUT2D eigenvalue weighted by Crippen LogP contribution is 2.47. The molecule has 0 fully saturated rings. The third kappa shape index (κ3) is 11.4. The molecule has 2 heterocycles. The molecule has 532 valence electrons. The molecule has 4 nitrogen and oxygen atoms in total. The maximum absolute atomic E-state index is 2.47. The zero-order valence-corrected chi connectivity index (χ0v) is 62.4. The molecule has 0 spiro atoms. The minimum absolute atomic E-state index is 1.10. The van der Waals surface area contributed by atoms with Crippen LogP contribution in [0, 0.1) is 0 Å². The van der Waals surface area contributed by atoms with Gasteiger partial charge >= 0.3 is 0 Å². The van der Waals surface area contributed by atoms with Gasteiger partial charge in [-0.25, -0.2) is 0 Å². The average molecular weight is 1450 g/mol. The predicted molar refractivity (Wildman–Crippen MR) is 486 cm³/mol. The highest BCUT2D eigenvalue weighted by molar-refractivity contribution is 6.26. The van der Waals surface area contributed by atoms with Crippen molar-refractivity contribution in [2.24, 2.45) is 0 Å². The first kappa shape index (κ1) is 65.9. The third-order valence-corrected chi connectivity index (χ3v) is 23.4. The van der Waals surface area contributed by atoms with Crippen LogP contribution in [-0.2, 0) is 0 Å². The monoisotopic (exact) mass is 1450 g/mol. The van der Waals surface area contributed by atoms with E-state index in [4.69, 9.17) is 0 Å². The summed E-state index contributed by atoms with van der Waals surface area (Å²) < 4.78 is 4.83. The Bertz CT molecular complexity index is 7360. The summed E-state index contributed by atoms with van der Waals surface area (Å²) in [7, 11) is 0. The number of fused-ring (bicyclic) bond motifs is 6. The van der Waals surface area contributed by atoms with Crippen LogP contribution in [0.1, 0.15) is 0 Å². The number of nitrogens with zero attached hydrogens (tertiary/aromatic N) is 4. The van der Waals surface area contributed by atoms with Crippen molar-refractivity contribution >= 4 is 142 Å². The molecule has 0 saturated heterocycles. The molecule has 0 bridgehead atoms. The molecule has 0 unspecified atom stereocenters. The SMILES string of the molecule is c1ccc(-c2ccc(N(c3ccc(-c4ccc5c(c4)c4ccccc4n5-c4ccccc4)cc3)c3cc4ccc5cccc6ccc(c3)c4c56)cc2)cc1.c1ccc(-c2ccc(N(c3ccc(-c4ccccc4)cc3)c3ccc(-c4ccc5c(c4)c4ccccc4n5-c4ccc5ccc6cccc7ccc4c5c67)cc3)cc2)cc1. The molecule has 23 aromatic rings. The number of anilines is 6. The molecule has 114 heavy (non-hydrogen) atoms. The lowest BCUT2D eigenvalue weighted by Gasteiger charge is -2.27. The normalized spacial score (nSPS) is 11.7. The van der Waals surface area contributed by atoms with Gasteiger partial charge in [0.15, 0.2) is 0 Å². The second kappa shape index (κ2) is 27.5. The number of aromatic nitrogens is 2. The highest BCUT2D eigenvalue weighted by Gasteiger charge is 2.22. The van der Waals surface area contributed by atoms with Crippen LogP contribution in [0.25, 0.3) is 175 Å². The van der Waals surface area contributed by atoms with E-state index in [0.29, 0.717) is 0 Å². The van der Waals surface area contributed by atoms with Crippen molar-refractivity contribution in [3.8, 4) is 67.0 Å². The summed E-state index contributed by atoms with van der Waals surface area (Å²) in [5, 5.41) is 20.5. The van der Waals surface area contributed by atoms with E-state index in [1.807, 2.05) is 0 Å². The summed E-state index contributed by atoms with van der Waals surface area (Å²) in [4.78, 5) is 4.74. The van der Waals surface area contributed by atoms with E-state index >= 15 is 0 Å². The zero-order valence-electron chi connectivity index (χ0n) is 62.4. The van der Waals surface area contributed by atoms with Gasteiger partial charge in [0.2, 0.25) is 0 Å². The van der Waals surface area contributed by atoms with Gasteiger partial charge < -0.3 is 18.9 Å². The first-order valence-electron chi connectivity index (χ1n) is 39.3. The van der Waals surface area contributed by atoms with E-state index in [-0.39, 0.29) is 0 Å². The van der Waals surface area contributed by atoms with Crippen LogP contribution in [0.4, 0.5) is 34.1 Å². The van der Waals surface area contributed by atoms with Gasteiger partial charge in [-0.05, 0) is 242 Å². The van der Waals surface area contributed by atoms with Gasteiger partial charge in [0, 0.05) is 66.7 Å². The van der Waals surface area contributed by atoms with Crippen molar-refractivity contribution in [2.75, 3.05) is 9.80 Å². The fraction of sp³-hybridized carbons (Fsp3) is 0. The van der Waals surface area contributed by atoms with Gasteiger partial charge in [0.05, 0.1) is 27.8 Å². The lowest BCUT2D eigenvalue weighted by atomic mass is 9.93. The molecule has 0 saturated carbocycles. The van der Waals surface area contributed by atoms with Gasteiger partial charge in [-0.2, -0.15) is 0 Å². The zero-order chi connectivity index (χ0) is 75.2. The van der Waals surface area contributed by atoms with Crippen molar-refractivity contribution in [1.82, 2.24) is 9.13 Å². The lowest BCUT2D eigenvalue weighted by molar-refractivity contribution is 1.18. The van der Waals surface area contributed by atoms with Crippen molar-refractivity contribution in [2.45, 2.75) is 0 Å². The Balaban J connectivity index is 0.000000140. The number of hydrogen-bond donors (Lipinski definition) is 0. The largest absolute Gasteiger partial charge is 0.311 e. The maximum atomic E-state index is 2.47. The Hall–Kier alpha value is -15.1. The number of hydrogen-bond acceptors (Lipinski definition) is 2. The predicted octanol–water partition coefficient (Wildman–Crippen LogP) is 30.6. The van der Waals surface area contributed by atoms with Gasteiger partial charge in [0.25, 0.3) is 0 Å². The second-order valence-corrected chi connectivity index (χ2v) is 29.9. The van der Waals surface area contributed by atoms with E-state index in [2.05, 4.69) is 456 Å². The van der Waals surface area contributed by atoms with E-state index < -0.39 is 0 Å². The highest BCUT2D eigenvalue weighted by atomic mass is 15.1. The van der Waals surface area contributed by atoms with E-state index in [9.17, 15) is 0 Å². The number of benzene rings is 21. The van der Waals surface area contributed by atoms with Crippen LogP contribution in [0.15, 0.2) is 437 Å². The Kier molecular flexibility index (Phi) is 15.9. The fourth-order valence-corrected chi connectivity index (χ4v) is 18.0. The number of rotatable bonds is 13. The Morgan fingerprint density at radius 3 is 0.868 bits per heavy atom. The maximum Gasteiger partial charge on any atom is 0.0541 e. The van der Waals surface area contributed by atoms with Gasteiger partial charge in [-0.3, -0.25) is 0 Å².